The Bertz CT molecular complexity index is 569. The van der Waals surface area contributed by atoms with E-state index in [4.69, 9.17) is 5.26 Å². The molecule has 98 valence electrons. The van der Waals surface area contributed by atoms with Crippen LogP contribution in [-0.2, 0) is 10.0 Å². The van der Waals surface area contributed by atoms with E-state index < -0.39 is 15.8 Å². The van der Waals surface area contributed by atoms with E-state index in [2.05, 4.69) is 15.9 Å². The summed E-state index contributed by atoms with van der Waals surface area (Å²) >= 11 is 3.07. The lowest BCUT2D eigenvalue weighted by atomic mass is 10.3. The molecule has 0 N–H and O–H groups in total. The van der Waals surface area contributed by atoms with E-state index in [0.717, 1.165) is 10.4 Å². The molecule has 1 aromatic rings. The summed E-state index contributed by atoms with van der Waals surface area (Å²) in [6, 6.07) is 5.65. The second kappa shape index (κ2) is 6.27. The molecule has 0 aliphatic rings. The summed E-state index contributed by atoms with van der Waals surface area (Å²) in [5.41, 5.74) is 0. The van der Waals surface area contributed by atoms with E-state index >= 15 is 0 Å². The minimum Gasteiger partial charge on any atom is -0.207 e. The molecular formula is C11H12BrFN2O2S. The number of hydrogen-bond acceptors (Lipinski definition) is 3. The summed E-state index contributed by atoms with van der Waals surface area (Å²) in [4.78, 5) is -0.370. The zero-order valence-electron chi connectivity index (χ0n) is 9.73. The first-order chi connectivity index (χ1) is 8.43. The third-order valence-electron chi connectivity index (χ3n) is 2.34. The molecule has 0 spiro atoms. The lowest BCUT2D eigenvalue weighted by Crippen LogP contribution is -2.32. The maximum absolute atomic E-state index is 13.7. The number of hydrogen-bond donors (Lipinski definition) is 0. The predicted octanol–water partition coefficient (Wildman–Crippen LogP) is 2.51. The van der Waals surface area contributed by atoms with Crippen LogP contribution in [0, 0.1) is 17.1 Å². The first kappa shape index (κ1) is 15.1. The number of rotatable bonds is 5. The smallest absolute Gasteiger partial charge is 0.207 e. The second-order valence-corrected chi connectivity index (χ2v) is 6.30. The average molecular weight is 335 g/mol. The van der Waals surface area contributed by atoms with Crippen molar-refractivity contribution in [3.63, 3.8) is 0 Å². The van der Waals surface area contributed by atoms with Crippen LogP contribution in [0.2, 0.25) is 0 Å². The van der Waals surface area contributed by atoms with Crippen LogP contribution < -0.4 is 0 Å². The van der Waals surface area contributed by atoms with Gasteiger partial charge in [-0.15, -0.1) is 0 Å². The van der Waals surface area contributed by atoms with E-state index in [0.29, 0.717) is 4.47 Å². The normalized spacial score (nSPS) is 11.5. The molecule has 0 saturated heterocycles. The van der Waals surface area contributed by atoms with E-state index in [-0.39, 0.29) is 24.4 Å². The Labute approximate surface area is 114 Å². The zero-order chi connectivity index (χ0) is 13.8. The van der Waals surface area contributed by atoms with Crippen LogP contribution in [0.3, 0.4) is 0 Å². The van der Waals surface area contributed by atoms with Gasteiger partial charge in [-0.25, -0.2) is 12.8 Å². The van der Waals surface area contributed by atoms with Crippen molar-refractivity contribution >= 4 is 26.0 Å². The number of sulfonamides is 1. The van der Waals surface area contributed by atoms with E-state index in [1.54, 1.807) is 6.92 Å². The maximum Gasteiger partial charge on any atom is 0.246 e. The zero-order valence-corrected chi connectivity index (χ0v) is 12.1. The Morgan fingerprint density at radius 3 is 2.67 bits per heavy atom. The number of benzene rings is 1. The highest BCUT2D eigenvalue weighted by atomic mass is 79.9. The van der Waals surface area contributed by atoms with Gasteiger partial charge < -0.3 is 0 Å². The van der Waals surface area contributed by atoms with E-state index in [9.17, 15) is 12.8 Å². The maximum atomic E-state index is 13.7. The number of halogens is 2. The standard InChI is InChI=1S/C11H12BrFN2O2S/c1-2-15(7-3-6-14)18(16,17)11-5-4-9(12)8-10(11)13/h4-5,8H,2-3,7H2,1H3. The number of nitriles is 1. The quantitative estimate of drug-likeness (QED) is 0.831. The van der Waals surface area contributed by atoms with Crippen molar-refractivity contribution in [2.45, 2.75) is 18.2 Å². The molecule has 0 saturated carbocycles. The summed E-state index contributed by atoms with van der Waals surface area (Å²) in [7, 11) is -3.88. The van der Waals surface area contributed by atoms with Gasteiger partial charge in [-0.05, 0) is 18.2 Å². The van der Waals surface area contributed by atoms with Gasteiger partial charge in [0, 0.05) is 24.0 Å². The second-order valence-electron chi connectivity index (χ2n) is 3.48. The lowest BCUT2D eigenvalue weighted by molar-refractivity contribution is 0.430. The molecule has 7 heteroatoms. The fourth-order valence-electron chi connectivity index (χ4n) is 1.45. The Balaban J connectivity index is 3.15. The Hall–Kier alpha value is -0.970. The Kier molecular flexibility index (Phi) is 5.26. The topological polar surface area (TPSA) is 61.2 Å². The molecule has 1 rings (SSSR count). The monoisotopic (exact) mass is 334 g/mol. The van der Waals surface area contributed by atoms with Gasteiger partial charge >= 0.3 is 0 Å². The molecule has 0 radical (unpaired) electrons. The molecule has 0 heterocycles. The van der Waals surface area contributed by atoms with Crippen molar-refractivity contribution < 1.29 is 12.8 Å². The highest BCUT2D eigenvalue weighted by Gasteiger charge is 2.25. The van der Waals surface area contributed by atoms with Crippen LogP contribution in [0.5, 0.6) is 0 Å². The van der Waals surface area contributed by atoms with E-state index in [1.807, 2.05) is 6.07 Å². The molecule has 0 amide bonds. The van der Waals surface area contributed by atoms with Crippen molar-refractivity contribution in [2.24, 2.45) is 0 Å². The van der Waals surface area contributed by atoms with Gasteiger partial charge in [0.05, 0.1) is 6.07 Å². The van der Waals surface area contributed by atoms with Gasteiger partial charge in [0.15, 0.2) is 0 Å². The van der Waals surface area contributed by atoms with Crippen LogP contribution >= 0.6 is 15.9 Å². The van der Waals surface area contributed by atoms with Crippen molar-refractivity contribution in [1.82, 2.24) is 4.31 Å². The molecular weight excluding hydrogens is 323 g/mol. The summed E-state index contributed by atoms with van der Waals surface area (Å²) in [5, 5.41) is 8.49. The molecule has 1 aromatic carbocycles. The molecule has 0 fully saturated rings. The minimum atomic E-state index is -3.88. The van der Waals surface area contributed by atoms with Crippen LogP contribution in [0.15, 0.2) is 27.6 Å². The highest BCUT2D eigenvalue weighted by molar-refractivity contribution is 9.10. The largest absolute Gasteiger partial charge is 0.246 e. The van der Waals surface area contributed by atoms with Gasteiger partial charge in [0.2, 0.25) is 10.0 Å². The third-order valence-corrected chi connectivity index (χ3v) is 4.84. The van der Waals surface area contributed by atoms with Gasteiger partial charge in [-0.1, -0.05) is 22.9 Å². The van der Waals surface area contributed by atoms with Crippen LogP contribution in [0.4, 0.5) is 4.39 Å². The van der Waals surface area contributed by atoms with Crippen LogP contribution in [0.25, 0.3) is 0 Å². The molecule has 0 bridgehead atoms. The average Bonchev–Trinajstić information content (AvgIpc) is 2.29. The summed E-state index contributed by atoms with van der Waals surface area (Å²) in [6.45, 7) is 1.90. The molecule has 0 atom stereocenters. The molecule has 0 unspecified atom stereocenters. The first-order valence-corrected chi connectivity index (χ1v) is 7.49. The molecule has 0 aliphatic heterocycles. The summed E-state index contributed by atoms with van der Waals surface area (Å²) in [6.07, 6.45) is 0.0746. The van der Waals surface area contributed by atoms with Crippen molar-refractivity contribution in [3.05, 3.63) is 28.5 Å². The SMILES string of the molecule is CCN(CCC#N)S(=O)(=O)c1ccc(Br)cc1F. The number of nitrogens with zero attached hydrogens (tertiary/aromatic N) is 2. The van der Waals surface area contributed by atoms with Crippen LogP contribution in [-0.4, -0.2) is 25.8 Å². The third kappa shape index (κ3) is 3.28. The highest BCUT2D eigenvalue weighted by Crippen LogP contribution is 2.22. The minimum absolute atomic E-state index is 0.0604. The van der Waals surface area contributed by atoms with Crippen LogP contribution in [0.1, 0.15) is 13.3 Å². The lowest BCUT2D eigenvalue weighted by Gasteiger charge is -2.19. The van der Waals surface area contributed by atoms with Gasteiger partial charge in [-0.2, -0.15) is 9.57 Å². The van der Waals surface area contributed by atoms with Gasteiger partial charge in [0.1, 0.15) is 10.7 Å². The summed E-state index contributed by atoms with van der Waals surface area (Å²) in [5.74, 6) is -0.806. The van der Waals surface area contributed by atoms with Crippen molar-refractivity contribution in [1.29, 1.82) is 5.26 Å². The molecule has 18 heavy (non-hydrogen) atoms. The predicted molar refractivity (Wildman–Crippen MR) is 68.8 cm³/mol. The van der Waals surface area contributed by atoms with Gasteiger partial charge in [-0.3, -0.25) is 0 Å². The molecule has 0 aliphatic carbocycles. The summed E-state index contributed by atoms with van der Waals surface area (Å²) < 4.78 is 39.5. The Morgan fingerprint density at radius 2 is 2.17 bits per heavy atom. The Morgan fingerprint density at radius 1 is 1.50 bits per heavy atom. The van der Waals surface area contributed by atoms with Crippen molar-refractivity contribution in [3.8, 4) is 6.07 Å². The van der Waals surface area contributed by atoms with E-state index in [1.165, 1.54) is 12.1 Å². The van der Waals surface area contributed by atoms with Gasteiger partial charge in [0.25, 0.3) is 0 Å². The fraction of sp³-hybridized carbons (Fsp3) is 0.364. The molecule has 4 nitrogen and oxygen atoms in total. The fourth-order valence-corrected chi connectivity index (χ4v) is 3.27. The first-order valence-electron chi connectivity index (χ1n) is 5.25. The van der Waals surface area contributed by atoms with Crippen molar-refractivity contribution in [2.75, 3.05) is 13.1 Å². The molecule has 0 aromatic heterocycles.